The van der Waals surface area contributed by atoms with E-state index in [2.05, 4.69) is 47.6 Å². The second-order valence-corrected chi connectivity index (χ2v) is 10.2. The van der Waals surface area contributed by atoms with Crippen LogP contribution in [0.2, 0.25) is 0 Å². The molecular weight excluding hydrogens is 558 g/mol. The number of hydrogen-bond donors (Lipinski definition) is 4. The Morgan fingerprint density at radius 1 is 1.00 bits per heavy atom. The Labute approximate surface area is 268 Å². The summed E-state index contributed by atoms with van der Waals surface area (Å²) in [6.07, 6.45) is 16.3. The highest BCUT2D eigenvalue weighted by Gasteiger charge is 2.41. The Bertz CT molecular complexity index is 828. The van der Waals surface area contributed by atoms with Gasteiger partial charge in [-0.2, -0.15) is 0 Å². The van der Waals surface area contributed by atoms with E-state index in [9.17, 15) is 24.0 Å². The lowest BCUT2D eigenvalue weighted by Crippen LogP contribution is -2.57. The Morgan fingerprint density at radius 2 is 1.59 bits per heavy atom. The molecule has 1 aliphatic carbocycles. The van der Waals surface area contributed by atoms with E-state index in [4.69, 9.17) is 6.42 Å². The molecular formula is C34H63N5O5. The van der Waals surface area contributed by atoms with Gasteiger partial charge in [-0.15, -0.1) is 18.9 Å². The molecule has 3 atom stereocenters. The van der Waals surface area contributed by atoms with Crippen LogP contribution in [0, 0.1) is 18.3 Å². The summed E-state index contributed by atoms with van der Waals surface area (Å²) in [7, 11) is 1.52. The first kappa shape index (κ1) is 45.1. The molecule has 2 aliphatic rings. The molecule has 2 rings (SSSR count). The number of terminal acetylenes is 1. The molecule has 10 heteroatoms. The quantitative estimate of drug-likeness (QED) is 0.104. The summed E-state index contributed by atoms with van der Waals surface area (Å²) >= 11 is 0. The molecule has 10 nitrogen and oxygen atoms in total. The molecule has 0 bridgehead atoms. The molecule has 3 unspecified atom stereocenters. The van der Waals surface area contributed by atoms with Crippen molar-refractivity contribution in [3.8, 4) is 12.3 Å². The predicted molar refractivity (Wildman–Crippen MR) is 181 cm³/mol. The van der Waals surface area contributed by atoms with Crippen molar-refractivity contribution in [2.24, 2.45) is 5.92 Å². The highest BCUT2D eigenvalue weighted by Crippen LogP contribution is 2.29. The van der Waals surface area contributed by atoms with Crippen LogP contribution in [0.1, 0.15) is 119 Å². The van der Waals surface area contributed by atoms with E-state index in [0.29, 0.717) is 38.8 Å². The van der Waals surface area contributed by atoms with E-state index in [1.165, 1.54) is 20.4 Å². The van der Waals surface area contributed by atoms with Crippen LogP contribution in [0.3, 0.4) is 0 Å². The van der Waals surface area contributed by atoms with Gasteiger partial charge in [0.05, 0.1) is 0 Å². The third-order valence-corrected chi connectivity index (χ3v) is 6.60. The number of amides is 5. The molecule has 0 spiro atoms. The van der Waals surface area contributed by atoms with Crippen LogP contribution < -0.4 is 21.3 Å². The van der Waals surface area contributed by atoms with Crippen molar-refractivity contribution in [2.45, 2.75) is 137 Å². The SMILES string of the molecule is C#CCCC(CC(C)=O)NC(=O)C1CCCN1C(=O)C(NC(=O)NC)C1CCCCC1.C=CCNC=O.CC.CC.CCC. The van der Waals surface area contributed by atoms with Crippen LogP contribution in [0.25, 0.3) is 0 Å². The number of urea groups is 1. The number of rotatable bonds is 12. The number of carbonyl (C=O) groups excluding carboxylic acids is 5. The fourth-order valence-corrected chi connectivity index (χ4v) is 4.80. The Balaban J connectivity index is -0.00000110. The summed E-state index contributed by atoms with van der Waals surface area (Å²) in [5.41, 5.74) is 0. The first-order chi connectivity index (χ1) is 21.2. The van der Waals surface area contributed by atoms with Crippen molar-refractivity contribution in [1.82, 2.24) is 26.2 Å². The van der Waals surface area contributed by atoms with Gasteiger partial charge in [-0.05, 0) is 44.9 Å². The van der Waals surface area contributed by atoms with E-state index >= 15 is 0 Å². The van der Waals surface area contributed by atoms with Crippen LogP contribution >= 0.6 is 0 Å². The molecule has 0 aromatic rings. The minimum atomic E-state index is -0.636. The van der Waals surface area contributed by atoms with Crippen LogP contribution in [-0.2, 0) is 19.2 Å². The van der Waals surface area contributed by atoms with Gasteiger partial charge in [0.1, 0.15) is 17.9 Å². The lowest BCUT2D eigenvalue weighted by atomic mass is 9.83. The Hall–Kier alpha value is -3.35. The van der Waals surface area contributed by atoms with Gasteiger partial charge < -0.3 is 26.2 Å². The van der Waals surface area contributed by atoms with Crippen molar-refractivity contribution in [2.75, 3.05) is 20.1 Å². The first-order valence-corrected chi connectivity index (χ1v) is 16.5. The van der Waals surface area contributed by atoms with Gasteiger partial charge >= 0.3 is 6.03 Å². The fraction of sp³-hybridized carbons (Fsp3) is 0.735. The van der Waals surface area contributed by atoms with Gasteiger partial charge in [0.25, 0.3) is 0 Å². The number of nitrogens with zero attached hydrogens (tertiary/aromatic N) is 1. The topological polar surface area (TPSA) is 137 Å². The standard InChI is InChI=1S/C23H36N4O4.C4H7NO.C3H8.2C2H6/c1-4-5-12-18(15-16(2)28)25-21(29)19-13-9-14-27(19)22(30)20(26-23(31)24-3)17-10-7-6-8-11-17;1-2-3-5-4-6;1-3-2;2*1-2/h1,17-20H,5-15H2,2-3H3,(H,25,29)(H2,24,26,31);2,4H,1,3H2,(H,5,6);3H2,1-2H3;2*1-2H3. The largest absolute Gasteiger partial charge is 0.355 e. The second-order valence-electron chi connectivity index (χ2n) is 10.2. The molecule has 0 radical (unpaired) electrons. The molecule has 0 aromatic carbocycles. The molecule has 1 aliphatic heterocycles. The number of hydrogen-bond acceptors (Lipinski definition) is 5. The molecule has 2 fully saturated rings. The molecule has 0 aromatic heterocycles. The van der Waals surface area contributed by atoms with E-state index in [0.717, 1.165) is 38.5 Å². The Kier molecular flexibility index (Phi) is 31.9. The van der Waals surface area contributed by atoms with Gasteiger partial charge in [0, 0.05) is 39.0 Å². The number of nitrogens with one attached hydrogen (secondary N) is 4. The summed E-state index contributed by atoms with van der Waals surface area (Å²) in [6, 6.07) is -1.95. The average Bonchev–Trinajstić information content (AvgIpc) is 3.54. The number of carbonyl (C=O) groups is 5. The Morgan fingerprint density at radius 3 is 2.05 bits per heavy atom. The molecule has 5 amide bonds. The number of ketones is 1. The van der Waals surface area contributed by atoms with Crippen molar-refractivity contribution in [1.29, 1.82) is 0 Å². The molecule has 254 valence electrons. The molecule has 4 N–H and O–H groups in total. The summed E-state index contributed by atoms with van der Waals surface area (Å²) in [6.45, 7) is 18.2. The summed E-state index contributed by atoms with van der Waals surface area (Å²) < 4.78 is 0. The van der Waals surface area contributed by atoms with Gasteiger partial charge in [-0.25, -0.2) is 4.79 Å². The highest BCUT2D eigenvalue weighted by molar-refractivity contribution is 5.92. The van der Waals surface area contributed by atoms with Gasteiger partial charge in [-0.3, -0.25) is 19.2 Å². The summed E-state index contributed by atoms with van der Waals surface area (Å²) in [4.78, 5) is 61.1. The minimum absolute atomic E-state index is 0.0196. The van der Waals surface area contributed by atoms with Gasteiger partial charge in [-0.1, -0.05) is 73.3 Å². The monoisotopic (exact) mass is 621 g/mol. The molecule has 1 saturated carbocycles. The smallest absolute Gasteiger partial charge is 0.315 e. The summed E-state index contributed by atoms with van der Waals surface area (Å²) in [5.74, 6) is 2.15. The number of Topliss-reactive ketones (excluding diaryl/α,β-unsaturated/α-hetero) is 1. The fourth-order valence-electron chi connectivity index (χ4n) is 4.80. The van der Waals surface area contributed by atoms with Crippen LogP contribution in [0.15, 0.2) is 12.7 Å². The van der Waals surface area contributed by atoms with E-state index < -0.39 is 12.1 Å². The van der Waals surface area contributed by atoms with Crippen LogP contribution in [0.5, 0.6) is 0 Å². The van der Waals surface area contributed by atoms with Gasteiger partial charge in [0.15, 0.2) is 0 Å². The zero-order valence-electron chi connectivity index (χ0n) is 28.9. The maximum atomic E-state index is 13.5. The predicted octanol–water partition coefficient (Wildman–Crippen LogP) is 5.12. The lowest BCUT2D eigenvalue weighted by Gasteiger charge is -2.34. The van der Waals surface area contributed by atoms with Gasteiger partial charge in [0.2, 0.25) is 18.2 Å². The molecule has 1 saturated heterocycles. The summed E-state index contributed by atoms with van der Waals surface area (Å²) in [5, 5.41) is 10.7. The normalized spacial score (nSPS) is 16.3. The zero-order valence-corrected chi connectivity index (χ0v) is 28.9. The van der Waals surface area contributed by atoms with Crippen LogP contribution in [0.4, 0.5) is 4.79 Å². The maximum Gasteiger partial charge on any atom is 0.315 e. The van der Waals surface area contributed by atoms with Crippen molar-refractivity contribution < 1.29 is 24.0 Å². The van der Waals surface area contributed by atoms with Crippen molar-refractivity contribution in [3.63, 3.8) is 0 Å². The van der Waals surface area contributed by atoms with E-state index in [1.54, 1.807) is 11.0 Å². The van der Waals surface area contributed by atoms with Crippen LogP contribution in [-0.4, -0.2) is 73.2 Å². The third-order valence-electron chi connectivity index (χ3n) is 6.60. The molecule has 44 heavy (non-hydrogen) atoms. The third kappa shape index (κ3) is 20.5. The number of likely N-dealkylation sites (tertiary alicyclic amines) is 1. The highest BCUT2D eigenvalue weighted by atomic mass is 16.2. The second kappa shape index (κ2) is 31.1. The maximum absolute atomic E-state index is 13.5. The molecule has 1 heterocycles. The lowest BCUT2D eigenvalue weighted by molar-refractivity contribution is -0.141. The first-order valence-electron chi connectivity index (χ1n) is 16.5. The van der Waals surface area contributed by atoms with Crippen molar-refractivity contribution >= 4 is 30.0 Å². The minimum Gasteiger partial charge on any atom is -0.355 e. The average molecular weight is 622 g/mol. The van der Waals surface area contributed by atoms with E-state index in [-0.39, 0.29) is 42.0 Å². The zero-order chi connectivity index (χ0) is 34.3. The van der Waals surface area contributed by atoms with Crippen molar-refractivity contribution in [3.05, 3.63) is 12.7 Å². The van der Waals surface area contributed by atoms with E-state index in [1.807, 2.05) is 27.7 Å².